The van der Waals surface area contributed by atoms with E-state index in [0.717, 1.165) is 13.1 Å². The van der Waals surface area contributed by atoms with Gasteiger partial charge in [-0.2, -0.15) is 4.31 Å². The smallest absolute Gasteiger partial charge is 0.243 e. The van der Waals surface area contributed by atoms with E-state index < -0.39 is 10.0 Å². The van der Waals surface area contributed by atoms with Gasteiger partial charge in [0.15, 0.2) is 0 Å². The first-order valence-corrected chi connectivity index (χ1v) is 13.1. The van der Waals surface area contributed by atoms with Crippen molar-refractivity contribution in [1.82, 2.24) is 14.5 Å². The Morgan fingerprint density at radius 1 is 1.03 bits per heavy atom. The number of anilines is 1. The molecule has 2 N–H and O–H groups in total. The van der Waals surface area contributed by atoms with Gasteiger partial charge in [0.25, 0.3) is 0 Å². The molecule has 1 aromatic carbocycles. The molecule has 0 radical (unpaired) electrons. The molecule has 2 fully saturated rings. The summed E-state index contributed by atoms with van der Waals surface area (Å²) in [5.41, 5.74) is 0.566. The van der Waals surface area contributed by atoms with E-state index in [1.54, 1.807) is 12.1 Å². The number of carbonyl (C=O) groups excluding carboxylic acids is 2. The predicted molar refractivity (Wildman–Crippen MR) is 125 cm³/mol. The topological polar surface area (TPSA) is 98.8 Å². The molecule has 3 rings (SSSR count). The zero-order valence-corrected chi connectivity index (χ0v) is 20.0. The lowest BCUT2D eigenvalue weighted by molar-refractivity contribution is -0.122. The highest BCUT2D eigenvalue weighted by Crippen LogP contribution is 2.26. The number of sulfonamides is 1. The van der Waals surface area contributed by atoms with E-state index in [0.29, 0.717) is 50.6 Å². The summed E-state index contributed by atoms with van der Waals surface area (Å²) >= 11 is 0. The summed E-state index contributed by atoms with van der Waals surface area (Å²) < 4.78 is 27.3. The molecule has 0 spiro atoms. The highest BCUT2D eigenvalue weighted by atomic mass is 32.2. The maximum absolute atomic E-state index is 12.9. The molecular weight excluding hydrogens is 428 g/mol. The molecule has 2 saturated heterocycles. The zero-order valence-electron chi connectivity index (χ0n) is 19.2. The number of rotatable bonds is 8. The molecule has 0 aromatic heterocycles. The summed E-state index contributed by atoms with van der Waals surface area (Å²) in [6.45, 7) is 7.16. The Hall–Kier alpha value is -1.97. The highest BCUT2D eigenvalue weighted by Gasteiger charge is 2.30. The maximum Gasteiger partial charge on any atom is 0.243 e. The Kier molecular flexibility index (Phi) is 8.67. The van der Waals surface area contributed by atoms with Gasteiger partial charge in [0.05, 0.1) is 4.90 Å². The minimum Gasteiger partial charge on any atom is -0.355 e. The van der Waals surface area contributed by atoms with Gasteiger partial charge >= 0.3 is 0 Å². The fourth-order valence-corrected chi connectivity index (χ4v) is 6.05. The van der Waals surface area contributed by atoms with Crippen LogP contribution in [0.5, 0.6) is 0 Å². The molecule has 1 atom stereocenters. The molecular formula is C23H36N4O4S. The summed E-state index contributed by atoms with van der Waals surface area (Å²) in [7, 11) is -3.58. The number of amides is 2. The number of nitrogens with one attached hydrogen (secondary N) is 2. The Bertz CT molecular complexity index is 880. The number of benzene rings is 1. The van der Waals surface area contributed by atoms with E-state index in [2.05, 4.69) is 22.5 Å². The van der Waals surface area contributed by atoms with E-state index in [1.807, 2.05) is 0 Å². The molecule has 178 valence electrons. The Morgan fingerprint density at radius 2 is 1.72 bits per heavy atom. The third-order valence-corrected chi connectivity index (χ3v) is 8.43. The second kappa shape index (κ2) is 11.2. The van der Waals surface area contributed by atoms with Crippen molar-refractivity contribution in [2.24, 2.45) is 5.92 Å². The van der Waals surface area contributed by atoms with Crippen molar-refractivity contribution in [3.05, 3.63) is 24.3 Å². The van der Waals surface area contributed by atoms with Crippen molar-refractivity contribution in [3.8, 4) is 0 Å². The quantitative estimate of drug-likeness (QED) is 0.616. The monoisotopic (exact) mass is 464 g/mol. The third-order valence-electron chi connectivity index (χ3n) is 6.52. The first-order valence-electron chi connectivity index (χ1n) is 11.6. The SMILES string of the molecule is CC(=O)Nc1ccc(S(=O)(=O)N2CCC(CC(=O)NCCN3CCCC[C@@H]3C)CC2)cc1. The third kappa shape index (κ3) is 6.76. The Balaban J connectivity index is 1.41. The van der Waals surface area contributed by atoms with Gasteiger partial charge in [-0.3, -0.25) is 14.5 Å². The van der Waals surface area contributed by atoms with Crippen LogP contribution < -0.4 is 10.6 Å². The number of nitrogens with zero attached hydrogens (tertiary/aromatic N) is 2. The average molecular weight is 465 g/mol. The van der Waals surface area contributed by atoms with Crippen molar-refractivity contribution >= 4 is 27.5 Å². The van der Waals surface area contributed by atoms with Crippen molar-refractivity contribution in [2.45, 2.75) is 63.3 Å². The molecule has 2 aliphatic heterocycles. The van der Waals surface area contributed by atoms with Crippen LogP contribution in [0, 0.1) is 5.92 Å². The van der Waals surface area contributed by atoms with E-state index in [-0.39, 0.29) is 22.6 Å². The molecule has 2 aliphatic rings. The summed E-state index contributed by atoms with van der Waals surface area (Å²) in [6, 6.07) is 6.81. The zero-order chi connectivity index (χ0) is 23.1. The van der Waals surface area contributed by atoms with E-state index in [1.165, 1.54) is 42.6 Å². The van der Waals surface area contributed by atoms with E-state index in [9.17, 15) is 18.0 Å². The average Bonchev–Trinajstić information content (AvgIpc) is 2.75. The first-order chi connectivity index (χ1) is 15.3. The van der Waals surface area contributed by atoms with E-state index >= 15 is 0 Å². The molecule has 2 amide bonds. The standard InChI is InChI=1S/C23H36N4O4S/c1-18-5-3-4-13-26(18)16-12-24-23(29)17-20-10-14-27(15-11-20)32(30,31)22-8-6-21(7-9-22)25-19(2)28/h6-9,18,20H,3-5,10-17H2,1-2H3,(H,24,29)(H,25,28)/t18-/m0/s1. The van der Waals surface area contributed by atoms with Crippen LogP contribution in [-0.2, 0) is 19.6 Å². The van der Waals surface area contributed by atoms with Crippen molar-refractivity contribution in [3.63, 3.8) is 0 Å². The lowest BCUT2D eigenvalue weighted by atomic mass is 9.94. The van der Waals surface area contributed by atoms with Crippen LogP contribution >= 0.6 is 0 Å². The van der Waals surface area contributed by atoms with Gasteiger partial charge in [0.2, 0.25) is 21.8 Å². The molecule has 1 aromatic rings. The largest absolute Gasteiger partial charge is 0.355 e. The maximum atomic E-state index is 12.9. The summed E-state index contributed by atoms with van der Waals surface area (Å²) in [5, 5.41) is 5.68. The van der Waals surface area contributed by atoms with Crippen molar-refractivity contribution in [1.29, 1.82) is 0 Å². The molecule has 0 aliphatic carbocycles. The Labute approximate surface area is 191 Å². The number of hydrogen-bond acceptors (Lipinski definition) is 5. The van der Waals surface area contributed by atoms with Crippen LogP contribution in [0.25, 0.3) is 0 Å². The fraction of sp³-hybridized carbons (Fsp3) is 0.652. The van der Waals surface area contributed by atoms with Crippen LogP contribution in [0.4, 0.5) is 5.69 Å². The molecule has 0 unspecified atom stereocenters. The fourth-order valence-electron chi connectivity index (χ4n) is 4.58. The van der Waals surface area contributed by atoms with Crippen LogP contribution in [0.2, 0.25) is 0 Å². The lowest BCUT2D eigenvalue weighted by Crippen LogP contribution is -2.43. The van der Waals surface area contributed by atoms with Crippen molar-refractivity contribution < 1.29 is 18.0 Å². The van der Waals surface area contributed by atoms with Gasteiger partial charge in [0.1, 0.15) is 0 Å². The number of likely N-dealkylation sites (tertiary alicyclic amines) is 1. The van der Waals surface area contributed by atoms with Crippen LogP contribution in [0.1, 0.15) is 52.4 Å². The number of piperidine rings is 2. The summed E-state index contributed by atoms with van der Waals surface area (Å²) in [5.74, 6) is 0.0646. The van der Waals surface area contributed by atoms with Crippen LogP contribution in [0.3, 0.4) is 0 Å². The van der Waals surface area contributed by atoms with Crippen molar-refractivity contribution in [2.75, 3.05) is 38.0 Å². The number of carbonyl (C=O) groups is 2. The molecule has 0 bridgehead atoms. The van der Waals surface area contributed by atoms with Gasteiger partial charge in [-0.25, -0.2) is 8.42 Å². The predicted octanol–water partition coefficient (Wildman–Crippen LogP) is 2.43. The van der Waals surface area contributed by atoms with Gasteiger partial charge in [0, 0.05) is 51.3 Å². The van der Waals surface area contributed by atoms with Gasteiger partial charge in [-0.1, -0.05) is 6.42 Å². The molecule has 32 heavy (non-hydrogen) atoms. The second-order valence-electron chi connectivity index (χ2n) is 8.99. The van der Waals surface area contributed by atoms with Crippen LogP contribution in [-0.4, -0.2) is 68.2 Å². The molecule has 0 saturated carbocycles. The molecule has 8 nitrogen and oxygen atoms in total. The second-order valence-corrected chi connectivity index (χ2v) is 10.9. The van der Waals surface area contributed by atoms with Gasteiger partial charge < -0.3 is 10.6 Å². The molecule has 2 heterocycles. The molecule has 9 heteroatoms. The highest BCUT2D eigenvalue weighted by molar-refractivity contribution is 7.89. The normalized spacial score (nSPS) is 21.2. The summed E-state index contributed by atoms with van der Waals surface area (Å²) in [4.78, 5) is 26.1. The minimum atomic E-state index is -3.58. The first kappa shape index (κ1) is 24.7. The van der Waals surface area contributed by atoms with E-state index in [4.69, 9.17) is 0 Å². The number of hydrogen-bond donors (Lipinski definition) is 2. The van der Waals surface area contributed by atoms with Gasteiger partial charge in [-0.15, -0.1) is 0 Å². The summed E-state index contributed by atoms with van der Waals surface area (Å²) in [6.07, 6.45) is 5.57. The Morgan fingerprint density at radius 3 is 2.34 bits per heavy atom. The van der Waals surface area contributed by atoms with Crippen LogP contribution in [0.15, 0.2) is 29.2 Å². The van der Waals surface area contributed by atoms with Gasteiger partial charge in [-0.05, 0) is 69.3 Å². The lowest BCUT2D eigenvalue weighted by Gasteiger charge is -2.33. The minimum absolute atomic E-state index is 0.0597.